The van der Waals surface area contributed by atoms with Crippen molar-refractivity contribution < 1.29 is 14.7 Å². The van der Waals surface area contributed by atoms with Crippen molar-refractivity contribution in [3.8, 4) is 0 Å². The standard InChI is InChI=1S/C9H17NO3S/c1-5-7(9(12)13)14-6(2)8(11)10(3)4/h6-7H,5H2,1-4H3,(H,12,13). The molecule has 0 aromatic rings. The molecule has 0 aliphatic carbocycles. The van der Waals surface area contributed by atoms with Crippen molar-refractivity contribution in [2.75, 3.05) is 14.1 Å². The molecule has 0 saturated heterocycles. The summed E-state index contributed by atoms with van der Waals surface area (Å²) in [5.74, 6) is -0.898. The third-order valence-electron chi connectivity index (χ3n) is 1.80. The van der Waals surface area contributed by atoms with Crippen molar-refractivity contribution in [3.63, 3.8) is 0 Å². The van der Waals surface area contributed by atoms with E-state index < -0.39 is 11.2 Å². The molecule has 0 fully saturated rings. The third kappa shape index (κ3) is 4.00. The summed E-state index contributed by atoms with van der Waals surface area (Å²) >= 11 is 1.20. The minimum absolute atomic E-state index is 0.0466. The lowest BCUT2D eigenvalue weighted by Crippen LogP contribution is -2.32. The van der Waals surface area contributed by atoms with E-state index in [4.69, 9.17) is 5.11 Å². The number of hydrogen-bond acceptors (Lipinski definition) is 3. The third-order valence-corrected chi connectivity index (χ3v) is 3.28. The second-order valence-corrected chi connectivity index (χ2v) is 4.79. The normalized spacial score (nSPS) is 14.6. The highest BCUT2D eigenvalue weighted by atomic mass is 32.2. The van der Waals surface area contributed by atoms with Gasteiger partial charge in [-0.25, -0.2) is 0 Å². The van der Waals surface area contributed by atoms with Gasteiger partial charge in [-0.1, -0.05) is 6.92 Å². The van der Waals surface area contributed by atoms with Crippen LogP contribution in [-0.2, 0) is 9.59 Å². The first-order valence-electron chi connectivity index (χ1n) is 4.49. The number of hydrogen-bond donors (Lipinski definition) is 1. The molecule has 0 bridgehead atoms. The second kappa shape index (κ2) is 5.90. The lowest BCUT2D eigenvalue weighted by Gasteiger charge is -2.19. The molecule has 0 radical (unpaired) electrons. The van der Waals surface area contributed by atoms with Gasteiger partial charge < -0.3 is 10.0 Å². The molecule has 0 saturated carbocycles. The molecule has 82 valence electrons. The molecule has 0 aliphatic heterocycles. The van der Waals surface area contributed by atoms with E-state index in [0.717, 1.165) is 0 Å². The Labute approximate surface area is 88.7 Å². The highest BCUT2D eigenvalue weighted by molar-refractivity contribution is 8.01. The largest absolute Gasteiger partial charge is 0.480 e. The molecule has 4 nitrogen and oxygen atoms in total. The van der Waals surface area contributed by atoms with Gasteiger partial charge in [0.1, 0.15) is 5.25 Å². The van der Waals surface area contributed by atoms with Gasteiger partial charge in [0.2, 0.25) is 5.91 Å². The van der Waals surface area contributed by atoms with Gasteiger partial charge in [0.15, 0.2) is 0 Å². The highest BCUT2D eigenvalue weighted by Gasteiger charge is 2.23. The van der Waals surface area contributed by atoms with Crippen LogP contribution in [0.1, 0.15) is 20.3 Å². The number of carboxylic acids is 1. The Morgan fingerprint density at radius 1 is 1.43 bits per heavy atom. The minimum atomic E-state index is -0.851. The topological polar surface area (TPSA) is 57.6 Å². The van der Waals surface area contributed by atoms with E-state index in [1.54, 1.807) is 27.9 Å². The number of nitrogens with zero attached hydrogens (tertiary/aromatic N) is 1. The van der Waals surface area contributed by atoms with E-state index in [-0.39, 0.29) is 11.2 Å². The Morgan fingerprint density at radius 3 is 2.21 bits per heavy atom. The van der Waals surface area contributed by atoms with E-state index in [0.29, 0.717) is 6.42 Å². The molecule has 0 spiro atoms. The number of aliphatic carboxylic acids is 1. The minimum Gasteiger partial charge on any atom is -0.480 e. The second-order valence-electron chi connectivity index (χ2n) is 3.25. The maximum Gasteiger partial charge on any atom is 0.316 e. The Balaban J connectivity index is 4.22. The van der Waals surface area contributed by atoms with Gasteiger partial charge in [-0.3, -0.25) is 9.59 Å². The van der Waals surface area contributed by atoms with Crippen LogP contribution in [0, 0.1) is 0 Å². The summed E-state index contributed by atoms with van der Waals surface area (Å²) in [7, 11) is 3.34. The molecular weight excluding hydrogens is 202 g/mol. The monoisotopic (exact) mass is 219 g/mol. The van der Waals surface area contributed by atoms with Crippen LogP contribution in [0.2, 0.25) is 0 Å². The van der Waals surface area contributed by atoms with Crippen molar-refractivity contribution in [3.05, 3.63) is 0 Å². The number of carbonyl (C=O) groups excluding carboxylic acids is 1. The summed E-state index contributed by atoms with van der Waals surface area (Å²) in [5, 5.41) is 8.01. The van der Waals surface area contributed by atoms with Crippen molar-refractivity contribution in [1.29, 1.82) is 0 Å². The maximum atomic E-state index is 11.4. The zero-order chi connectivity index (χ0) is 11.3. The summed E-state index contributed by atoms with van der Waals surface area (Å²) < 4.78 is 0. The Hall–Kier alpha value is -0.710. The van der Waals surface area contributed by atoms with E-state index in [1.807, 2.05) is 0 Å². The van der Waals surface area contributed by atoms with E-state index in [1.165, 1.54) is 16.7 Å². The fourth-order valence-corrected chi connectivity index (χ4v) is 2.13. The average molecular weight is 219 g/mol. The van der Waals surface area contributed by atoms with Gasteiger partial charge in [-0.05, 0) is 13.3 Å². The van der Waals surface area contributed by atoms with Crippen molar-refractivity contribution in [2.24, 2.45) is 0 Å². The maximum absolute atomic E-state index is 11.4. The molecule has 0 heterocycles. The molecule has 0 aromatic carbocycles. The van der Waals surface area contributed by atoms with Gasteiger partial charge in [0, 0.05) is 14.1 Å². The Kier molecular flexibility index (Phi) is 5.60. The molecule has 0 aliphatic rings. The lowest BCUT2D eigenvalue weighted by atomic mass is 10.3. The first-order valence-corrected chi connectivity index (χ1v) is 5.43. The summed E-state index contributed by atoms with van der Waals surface area (Å²) in [6.07, 6.45) is 0.533. The molecule has 1 amide bonds. The zero-order valence-corrected chi connectivity index (χ0v) is 9.80. The van der Waals surface area contributed by atoms with Crippen LogP contribution in [0.4, 0.5) is 0 Å². The van der Waals surface area contributed by atoms with Crippen LogP contribution in [-0.4, -0.2) is 46.5 Å². The fourth-order valence-electron chi connectivity index (χ4n) is 0.997. The smallest absolute Gasteiger partial charge is 0.316 e. The van der Waals surface area contributed by atoms with Crippen LogP contribution < -0.4 is 0 Å². The van der Waals surface area contributed by atoms with Crippen LogP contribution in [0.5, 0.6) is 0 Å². The lowest BCUT2D eigenvalue weighted by molar-refractivity contribution is -0.136. The summed E-state index contributed by atoms with van der Waals surface area (Å²) in [5.41, 5.74) is 0. The van der Waals surface area contributed by atoms with E-state index >= 15 is 0 Å². The van der Waals surface area contributed by atoms with Crippen LogP contribution >= 0.6 is 11.8 Å². The number of thioether (sulfide) groups is 1. The molecule has 5 heteroatoms. The summed E-state index contributed by atoms with van der Waals surface area (Å²) in [6, 6.07) is 0. The molecule has 2 atom stereocenters. The number of carbonyl (C=O) groups is 2. The van der Waals surface area contributed by atoms with Gasteiger partial charge in [-0.2, -0.15) is 0 Å². The van der Waals surface area contributed by atoms with E-state index in [9.17, 15) is 9.59 Å². The van der Waals surface area contributed by atoms with Crippen molar-refractivity contribution >= 4 is 23.6 Å². The fraction of sp³-hybridized carbons (Fsp3) is 0.778. The van der Waals surface area contributed by atoms with Gasteiger partial charge in [0.05, 0.1) is 5.25 Å². The SMILES string of the molecule is CCC(SC(C)C(=O)N(C)C)C(=O)O. The molecule has 1 N–H and O–H groups in total. The molecule has 2 unspecified atom stereocenters. The number of amides is 1. The Morgan fingerprint density at radius 2 is 1.93 bits per heavy atom. The van der Waals surface area contributed by atoms with Crippen LogP contribution in [0.3, 0.4) is 0 Å². The predicted octanol–water partition coefficient (Wildman–Crippen LogP) is 1.06. The molecular formula is C9H17NO3S. The quantitative estimate of drug-likeness (QED) is 0.751. The molecule has 0 aromatic heterocycles. The summed E-state index contributed by atoms with van der Waals surface area (Å²) in [4.78, 5) is 23.6. The first-order chi connectivity index (χ1) is 6.40. The average Bonchev–Trinajstić information content (AvgIpc) is 2.11. The predicted molar refractivity (Wildman–Crippen MR) is 57.5 cm³/mol. The van der Waals surface area contributed by atoms with E-state index in [2.05, 4.69) is 0 Å². The van der Waals surface area contributed by atoms with Gasteiger partial charge in [0.25, 0.3) is 0 Å². The molecule has 14 heavy (non-hydrogen) atoms. The molecule has 0 rings (SSSR count). The summed E-state index contributed by atoms with van der Waals surface area (Å²) in [6.45, 7) is 3.54. The highest BCUT2D eigenvalue weighted by Crippen LogP contribution is 2.21. The van der Waals surface area contributed by atoms with Crippen molar-refractivity contribution in [2.45, 2.75) is 30.8 Å². The van der Waals surface area contributed by atoms with Gasteiger partial charge in [-0.15, -0.1) is 11.8 Å². The zero-order valence-electron chi connectivity index (χ0n) is 8.98. The van der Waals surface area contributed by atoms with Crippen LogP contribution in [0.15, 0.2) is 0 Å². The Bertz CT molecular complexity index is 218. The van der Waals surface area contributed by atoms with Crippen LogP contribution in [0.25, 0.3) is 0 Å². The van der Waals surface area contributed by atoms with Crippen molar-refractivity contribution in [1.82, 2.24) is 4.90 Å². The van der Waals surface area contributed by atoms with Gasteiger partial charge >= 0.3 is 5.97 Å². The number of carboxylic acid groups (broad SMARTS) is 1. The number of rotatable bonds is 5. The first kappa shape index (κ1) is 13.3.